The molecular formula is C22H16F3NO3S. The molecule has 1 aliphatic rings. The smallest absolute Gasteiger partial charge is 0.309 e. The highest BCUT2D eigenvalue weighted by molar-refractivity contribution is 7.99. The Morgan fingerprint density at radius 1 is 1.17 bits per heavy atom. The van der Waals surface area contributed by atoms with E-state index in [1.54, 1.807) is 12.2 Å². The molecule has 1 aromatic heterocycles. The van der Waals surface area contributed by atoms with Crippen molar-refractivity contribution in [3.8, 4) is 0 Å². The van der Waals surface area contributed by atoms with Crippen LogP contribution >= 0.6 is 11.8 Å². The number of nitrogens with zero attached hydrogens (tertiary/aromatic N) is 1. The normalized spacial score (nSPS) is 19.4. The Morgan fingerprint density at radius 2 is 1.93 bits per heavy atom. The van der Waals surface area contributed by atoms with E-state index < -0.39 is 35.6 Å². The lowest BCUT2D eigenvalue weighted by Crippen LogP contribution is -2.31. The van der Waals surface area contributed by atoms with Gasteiger partial charge in [-0.15, -0.1) is 0 Å². The van der Waals surface area contributed by atoms with Gasteiger partial charge in [-0.2, -0.15) is 0 Å². The van der Waals surface area contributed by atoms with Crippen molar-refractivity contribution in [1.29, 1.82) is 0 Å². The Morgan fingerprint density at radius 3 is 2.67 bits per heavy atom. The van der Waals surface area contributed by atoms with Crippen molar-refractivity contribution >= 4 is 34.7 Å². The second-order valence-corrected chi connectivity index (χ2v) is 7.91. The lowest BCUT2D eigenvalue weighted by molar-refractivity contribution is -0.156. The van der Waals surface area contributed by atoms with Crippen LogP contribution < -0.4 is 0 Å². The predicted molar refractivity (Wildman–Crippen MR) is 106 cm³/mol. The monoisotopic (exact) mass is 431 g/mol. The topological polar surface area (TPSA) is 59.4 Å². The third-order valence-corrected chi connectivity index (χ3v) is 5.79. The SMILES string of the molecule is O=C1C[C@H](O)C[C@@H](/C=C/c2cnc3c(F)c(F)c(F)cc3c2Sc2ccccc2)O1. The average molecular weight is 431 g/mol. The molecule has 1 N–H and O–H groups in total. The van der Waals surface area contributed by atoms with Crippen molar-refractivity contribution in [3.63, 3.8) is 0 Å². The van der Waals surface area contributed by atoms with Gasteiger partial charge in [0, 0.05) is 33.4 Å². The van der Waals surface area contributed by atoms with Gasteiger partial charge in [0.05, 0.1) is 12.5 Å². The maximum absolute atomic E-state index is 14.3. The van der Waals surface area contributed by atoms with Gasteiger partial charge in [-0.1, -0.05) is 36.0 Å². The fourth-order valence-electron chi connectivity index (χ4n) is 3.21. The Balaban J connectivity index is 1.80. The van der Waals surface area contributed by atoms with Gasteiger partial charge >= 0.3 is 5.97 Å². The molecule has 154 valence electrons. The van der Waals surface area contributed by atoms with Crippen LogP contribution in [0.2, 0.25) is 0 Å². The molecule has 2 aromatic carbocycles. The number of halogens is 3. The number of cyclic esters (lactones) is 1. The third kappa shape index (κ3) is 4.20. The number of aliphatic hydroxyl groups excluding tert-OH is 1. The third-order valence-electron chi connectivity index (χ3n) is 4.62. The van der Waals surface area contributed by atoms with E-state index in [9.17, 15) is 23.1 Å². The molecule has 2 heterocycles. The highest BCUT2D eigenvalue weighted by Crippen LogP contribution is 2.38. The molecule has 0 bridgehead atoms. The molecule has 1 fully saturated rings. The standard InChI is InChI=1S/C22H16F3NO3S/c23-17-10-16-21(20(25)19(17)24)26-11-12(22(16)30-15-4-2-1-3-5-15)6-7-14-8-13(27)9-18(28)29-14/h1-7,10-11,13-14,27H,8-9H2/b7-6+/t13-,14-/m1/s1. The molecule has 3 aromatic rings. The molecule has 0 aliphatic carbocycles. The number of esters is 1. The van der Waals surface area contributed by atoms with Gasteiger partial charge in [0.2, 0.25) is 0 Å². The molecule has 1 saturated heterocycles. The van der Waals surface area contributed by atoms with Crippen LogP contribution in [0.3, 0.4) is 0 Å². The van der Waals surface area contributed by atoms with Crippen LogP contribution in [0.25, 0.3) is 17.0 Å². The van der Waals surface area contributed by atoms with E-state index in [0.29, 0.717) is 10.5 Å². The summed E-state index contributed by atoms with van der Waals surface area (Å²) in [6, 6.07) is 10.1. The molecule has 0 saturated carbocycles. The van der Waals surface area contributed by atoms with Crippen LogP contribution in [0, 0.1) is 17.5 Å². The van der Waals surface area contributed by atoms with E-state index in [0.717, 1.165) is 11.0 Å². The van der Waals surface area contributed by atoms with Gasteiger partial charge in [-0.3, -0.25) is 9.78 Å². The first-order valence-electron chi connectivity index (χ1n) is 9.17. The van der Waals surface area contributed by atoms with Gasteiger partial charge in [0.1, 0.15) is 11.6 Å². The number of fused-ring (bicyclic) bond motifs is 1. The van der Waals surface area contributed by atoms with Gasteiger partial charge < -0.3 is 9.84 Å². The van der Waals surface area contributed by atoms with E-state index in [4.69, 9.17) is 4.74 Å². The van der Waals surface area contributed by atoms with Gasteiger partial charge in [-0.25, -0.2) is 13.2 Å². The fourth-order valence-corrected chi connectivity index (χ4v) is 4.24. The first kappa shape index (κ1) is 20.4. The first-order valence-corrected chi connectivity index (χ1v) is 9.99. The summed E-state index contributed by atoms with van der Waals surface area (Å²) < 4.78 is 47.1. The number of ether oxygens (including phenoxy) is 1. The minimum atomic E-state index is -1.57. The molecule has 4 nitrogen and oxygen atoms in total. The summed E-state index contributed by atoms with van der Waals surface area (Å²) in [6.45, 7) is 0. The number of benzene rings is 2. The number of hydrogen-bond acceptors (Lipinski definition) is 5. The van der Waals surface area contributed by atoms with Crippen molar-refractivity contribution in [2.45, 2.75) is 34.8 Å². The van der Waals surface area contributed by atoms with Crippen LogP contribution in [0.1, 0.15) is 18.4 Å². The maximum Gasteiger partial charge on any atom is 0.309 e. The lowest BCUT2D eigenvalue weighted by atomic mass is 10.0. The lowest BCUT2D eigenvalue weighted by Gasteiger charge is -2.23. The number of rotatable bonds is 4. The average Bonchev–Trinajstić information content (AvgIpc) is 2.72. The molecule has 0 amide bonds. The number of pyridine rings is 1. The van der Waals surface area contributed by atoms with Crippen LogP contribution in [0.15, 0.2) is 58.5 Å². The van der Waals surface area contributed by atoms with Crippen LogP contribution in [-0.2, 0) is 9.53 Å². The largest absolute Gasteiger partial charge is 0.458 e. The van der Waals surface area contributed by atoms with Crippen LogP contribution in [-0.4, -0.2) is 28.3 Å². The summed E-state index contributed by atoms with van der Waals surface area (Å²) in [6.07, 6.45) is 3.33. The second-order valence-electron chi connectivity index (χ2n) is 6.82. The van der Waals surface area contributed by atoms with Crippen molar-refractivity contribution in [3.05, 3.63) is 71.7 Å². The highest BCUT2D eigenvalue weighted by Gasteiger charge is 2.25. The Labute approximate surface area is 174 Å². The zero-order valence-corrected chi connectivity index (χ0v) is 16.3. The number of aromatic nitrogens is 1. The van der Waals surface area contributed by atoms with Gasteiger partial charge in [0.25, 0.3) is 0 Å². The summed E-state index contributed by atoms with van der Waals surface area (Å²) in [4.78, 5) is 16.8. The van der Waals surface area contributed by atoms with E-state index >= 15 is 0 Å². The molecule has 2 atom stereocenters. The van der Waals surface area contributed by atoms with Crippen molar-refractivity contribution in [2.75, 3.05) is 0 Å². The zero-order chi connectivity index (χ0) is 21.3. The van der Waals surface area contributed by atoms with Crippen molar-refractivity contribution in [1.82, 2.24) is 4.98 Å². The van der Waals surface area contributed by atoms with Gasteiger partial charge in [0.15, 0.2) is 17.5 Å². The molecule has 1 aliphatic heterocycles. The number of carbonyl (C=O) groups excluding carboxylic acids is 1. The molecule has 0 spiro atoms. The summed E-state index contributed by atoms with van der Waals surface area (Å²) in [5.41, 5.74) is 0.238. The minimum absolute atomic E-state index is 0.0545. The number of hydrogen-bond donors (Lipinski definition) is 1. The number of aliphatic hydroxyl groups is 1. The maximum atomic E-state index is 14.3. The first-order chi connectivity index (χ1) is 14.4. The Hall–Kier alpha value is -2.84. The summed E-state index contributed by atoms with van der Waals surface area (Å²) in [7, 11) is 0. The molecule has 30 heavy (non-hydrogen) atoms. The fraction of sp³-hybridized carbons (Fsp3) is 0.182. The summed E-state index contributed by atoms with van der Waals surface area (Å²) in [5, 5.41) is 9.88. The second kappa shape index (κ2) is 8.49. The minimum Gasteiger partial charge on any atom is -0.458 e. The molecule has 0 unspecified atom stereocenters. The van der Waals surface area contributed by atoms with Crippen LogP contribution in [0.5, 0.6) is 0 Å². The van der Waals surface area contributed by atoms with E-state index in [1.807, 2.05) is 30.3 Å². The predicted octanol–water partition coefficient (Wildman–Crippen LogP) is 4.88. The van der Waals surface area contributed by atoms with Crippen molar-refractivity contribution in [2.24, 2.45) is 0 Å². The molecular weight excluding hydrogens is 415 g/mol. The van der Waals surface area contributed by atoms with E-state index in [1.165, 1.54) is 18.0 Å². The zero-order valence-electron chi connectivity index (χ0n) is 15.5. The Kier molecular flexibility index (Phi) is 5.78. The Bertz CT molecular complexity index is 1140. The van der Waals surface area contributed by atoms with Crippen molar-refractivity contribution < 1.29 is 27.8 Å². The quantitative estimate of drug-likeness (QED) is 0.471. The van der Waals surface area contributed by atoms with Gasteiger partial charge in [-0.05, 0) is 24.3 Å². The molecule has 0 radical (unpaired) electrons. The highest BCUT2D eigenvalue weighted by atomic mass is 32.2. The molecule has 4 rings (SSSR count). The summed E-state index contributed by atoms with van der Waals surface area (Å²) in [5.74, 6) is -4.72. The van der Waals surface area contributed by atoms with E-state index in [-0.39, 0.29) is 23.7 Å². The van der Waals surface area contributed by atoms with E-state index in [2.05, 4.69) is 4.98 Å². The molecule has 8 heteroatoms. The van der Waals surface area contributed by atoms with Crippen LogP contribution in [0.4, 0.5) is 13.2 Å². The summed E-state index contributed by atoms with van der Waals surface area (Å²) >= 11 is 1.25. The number of carbonyl (C=O) groups is 1.